The zero-order valence-corrected chi connectivity index (χ0v) is 9.96. The Morgan fingerprint density at radius 2 is 2.41 bits per heavy atom. The predicted molar refractivity (Wildman–Crippen MR) is 64.4 cm³/mol. The molecule has 0 spiro atoms. The molecule has 1 aromatic heterocycles. The normalized spacial score (nSPS) is 10.5. The highest BCUT2D eigenvalue weighted by Gasteiger charge is 2.05. The van der Waals surface area contributed by atoms with Crippen LogP contribution < -0.4 is 10.5 Å². The smallest absolute Gasteiger partial charge is 0.246 e. The second-order valence-corrected chi connectivity index (χ2v) is 3.38. The Kier molecular flexibility index (Phi) is 4.93. The summed E-state index contributed by atoms with van der Waals surface area (Å²) < 4.78 is 5.37. The molecule has 0 saturated carbocycles. The summed E-state index contributed by atoms with van der Waals surface area (Å²) in [4.78, 5) is 20.5. The van der Waals surface area contributed by atoms with Crippen LogP contribution in [0, 0.1) is 0 Å². The average Bonchev–Trinajstić information content (AvgIpc) is 2.31. The van der Waals surface area contributed by atoms with Crippen LogP contribution in [0.2, 0.25) is 0 Å². The Balaban J connectivity index is 2.38. The van der Waals surface area contributed by atoms with Crippen LogP contribution in [0.25, 0.3) is 0 Å². The van der Waals surface area contributed by atoms with E-state index in [2.05, 4.69) is 9.97 Å². The number of aromatic nitrogens is 2. The summed E-state index contributed by atoms with van der Waals surface area (Å²) in [7, 11) is 1.70. The maximum absolute atomic E-state index is 11.4. The van der Waals surface area contributed by atoms with Crippen LogP contribution in [0.3, 0.4) is 0 Å². The van der Waals surface area contributed by atoms with Gasteiger partial charge in [-0.05, 0) is 13.0 Å². The molecule has 0 aliphatic heterocycles. The fourth-order valence-corrected chi connectivity index (χ4v) is 1.11. The molecule has 6 heteroatoms. The van der Waals surface area contributed by atoms with Crippen LogP contribution in [0.5, 0.6) is 5.75 Å². The van der Waals surface area contributed by atoms with Crippen molar-refractivity contribution in [3.63, 3.8) is 0 Å². The van der Waals surface area contributed by atoms with Crippen LogP contribution >= 0.6 is 0 Å². The first-order valence-corrected chi connectivity index (χ1v) is 5.21. The van der Waals surface area contributed by atoms with Crippen LogP contribution in [-0.2, 0) is 4.79 Å². The van der Waals surface area contributed by atoms with Crippen molar-refractivity contribution in [3.05, 3.63) is 24.7 Å². The molecule has 0 aromatic carbocycles. The van der Waals surface area contributed by atoms with E-state index in [4.69, 9.17) is 10.5 Å². The summed E-state index contributed by atoms with van der Waals surface area (Å²) in [6.45, 7) is 2.61. The maximum Gasteiger partial charge on any atom is 0.246 e. The van der Waals surface area contributed by atoms with Crippen molar-refractivity contribution in [3.8, 4) is 5.75 Å². The quantitative estimate of drug-likeness (QED) is 0.752. The lowest BCUT2D eigenvalue weighted by Crippen LogP contribution is -2.29. The lowest BCUT2D eigenvalue weighted by Gasteiger charge is -2.15. The van der Waals surface area contributed by atoms with E-state index in [0.29, 0.717) is 24.7 Å². The molecule has 17 heavy (non-hydrogen) atoms. The molecule has 92 valence electrons. The molecule has 6 nitrogen and oxygen atoms in total. The number of carbonyl (C=O) groups excluding carboxylic acids is 1. The number of hydrogen-bond acceptors (Lipinski definition) is 5. The van der Waals surface area contributed by atoms with E-state index in [1.165, 1.54) is 18.6 Å². The number of carbonyl (C=O) groups is 1. The standard InChI is InChI=1S/C11H16N4O2/c1-3-4-10(16)15(2)5-6-17-9-7-13-8-14-11(9)12/h3-4,7-8H,5-6H2,1-2H3,(H2,12,13,14). The SMILES string of the molecule is CC=CC(=O)N(C)CCOc1cncnc1N. The minimum absolute atomic E-state index is 0.0617. The summed E-state index contributed by atoms with van der Waals surface area (Å²) in [5.74, 6) is 0.662. The molecule has 0 fully saturated rings. The molecular formula is C11H16N4O2. The Labute approximate surface area is 100 Å². The number of ether oxygens (including phenoxy) is 1. The van der Waals surface area contributed by atoms with Crippen LogP contribution in [0.15, 0.2) is 24.7 Å². The van der Waals surface area contributed by atoms with Crippen molar-refractivity contribution < 1.29 is 9.53 Å². The number of hydrogen-bond donors (Lipinski definition) is 1. The highest BCUT2D eigenvalue weighted by Crippen LogP contribution is 2.14. The third kappa shape index (κ3) is 4.10. The minimum Gasteiger partial charge on any atom is -0.486 e. The number of rotatable bonds is 5. The van der Waals surface area contributed by atoms with Gasteiger partial charge < -0.3 is 15.4 Å². The van der Waals surface area contributed by atoms with Gasteiger partial charge in [0.05, 0.1) is 12.7 Å². The summed E-state index contributed by atoms with van der Waals surface area (Å²) in [6.07, 6.45) is 6.04. The molecule has 0 bridgehead atoms. The first-order valence-electron chi connectivity index (χ1n) is 5.21. The fourth-order valence-electron chi connectivity index (χ4n) is 1.11. The summed E-state index contributed by atoms with van der Waals surface area (Å²) in [6, 6.07) is 0. The molecule has 1 amide bonds. The molecular weight excluding hydrogens is 220 g/mol. The summed E-state index contributed by atoms with van der Waals surface area (Å²) >= 11 is 0. The van der Waals surface area contributed by atoms with Gasteiger partial charge >= 0.3 is 0 Å². The van der Waals surface area contributed by atoms with E-state index in [-0.39, 0.29) is 5.91 Å². The van der Waals surface area contributed by atoms with Crippen molar-refractivity contribution in [2.45, 2.75) is 6.92 Å². The summed E-state index contributed by atoms with van der Waals surface area (Å²) in [5, 5.41) is 0. The predicted octanol–water partition coefficient (Wildman–Crippen LogP) is 0.472. The Hall–Kier alpha value is -2.11. The van der Waals surface area contributed by atoms with Crippen molar-refractivity contribution in [2.75, 3.05) is 25.9 Å². The average molecular weight is 236 g/mol. The van der Waals surface area contributed by atoms with E-state index >= 15 is 0 Å². The van der Waals surface area contributed by atoms with Gasteiger partial charge in [-0.2, -0.15) is 0 Å². The second kappa shape index (κ2) is 6.47. The van der Waals surface area contributed by atoms with Gasteiger partial charge in [-0.1, -0.05) is 6.08 Å². The lowest BCUT2D eigenvalue weighted by molar-refractivity contribution is -0.125. The maximum atomic E-state index is 11.4. The number of nitrogens with two attached hydrogens (primary N) is 1. The van der Waals surface area contributed by atoms with Crippen LogP contribution in [0.1, 0.15) is 6.92 Å². The molecule has 1 aromatic rings. The van der Waals surface area contributed by atoms with Gasteiger partial charge in [0, 0.05) is 7.05 Å². The van der Waals surface area contributed by atoms with Gasteiger partial charge in [0.2, 0.25) is 5.91 Å². The highest BCUT2D eigenvalue weighted by atomic mass is 16.5. The monoisotopic (exact) mass is 236 g/mol. The van der Waals surface area contributed by atoms with Gasteiger partial charge in [0.25, 0.3) is 0 Å². The summed E-state index contributed by atoms with van der Waals surface area (Å²) in [5.41, 5.74) is 5.58. The second-order valence-electron chi connectivity index (χ2n) is 3.38. The third-order valence-corrected chi connectivity index (χ3v) is 2.08. The van der Waals surface area contributed by atoms with Gasteiger partial charge in [-0.15, -0.1) is 0 Å². The molecule has 0 unspecified atom stereocenters. The number of likely N-dealkylation sites (N-methyl/N-ethyl adjacent to an activating group) is 1. The van der Waals surface area contributed by atoms with E-state index in [9.17, 15) is 4.79 Å². The molecule has 1 heterocycles. The van der Waals surface area contributed by atoms with E-state index in [1.807, 2.05) is 0 Å². The first-order chi connectivity index (χ1) is 8.15. The Morgan fingerprint density at radius 1 is 1.65 bits per heavy atom. The number of anilines is 1. The number of amides is 1. The zero-order valence-electron chi connectivity index (χ0n) is 9.96. The van der Waals surface area contributed by atoms with Gasteiger partial charge in [0.15, 0.2) is 11.6 Å². The molecule has 0 atom stereocenters. The molecule has 0 saturated heterocycles. The van der Waals surface area contributed by atoms with Crippen molar-refractivity contribution >= 4 is 11.7 Å². The van der Waals surface area contributed by atoms with Gasteiger partial charge in [0.1, 0.15) is 12.9 Å². The third-order valence-electron chi connectivity index (χ3n) is 2.08. The molecule has 2 N–H and O–H groups in total. The number of nitrogen functional groups attached to an aromatic ring is 1. The highest BCUT2D eigenvalue weighted by molar-refractivity contribution is 5.87. The van der Waals surface area contributed by atoms with Crippen LogP contribution in [-0.4, -0.2) is 41.0 Å². The van der Waals surface area contributed by atoms with Crippen molar-refractivity contribution in [1.82, 2.24) is 14.9 Å². The fraction of sp³-hybridized carbons (Fsp3) is 0.364. The minimum atomic E-state index is -0.0617. The first kappa shape index (κ1) is 13.0. The molecule has 0 aliphatic rings. The van der Waals surface area contributed by atoms with Crippen LogP contribution in [0.4, 0.5) is 5.82 Å². The van der Waals surface area contributed by atoms with E-state index in [0.717, 1.165) is 0 Å². The van der Waals surface area contributed by atoms with Gasteiger partial charge in [-0.3, -0.25) is 4.79 Å². The van der Waals surface area contributed by atoms with E-state index in [1.54, 1.807) is 24.9 Å². The van der Waals surface area contributed by atoms with E-state index < -0.39 is 0 Å². The topological polar surface area (TPSA) is 81.3 Å². The van der Waals surface area contributed by atoms with Gasteiger partial charge in [-0.25, -0.2) is 9.97 Å². The Bertz CT molecular complexity index is 406. The number of nitrogens with zero attached hydrogens (tertiary/aromatic N) is 3. The Morgan fingerprint density at radius 3 is 3.06 bits per heavy atom. The molecule has 0 radical (unpaired) electrons. The number of allylic oxidation sites excluding steroid dienone is 1. The molecule has 1 rings (SSSR count). The molecule has 0 aliphatic carbocycles. The largest absolute Gasteiger partial charge is 0.486 e. The van der Waals surface area contributed by atoms with Crippen molar-refractivity contribution in [1.29, 1.82) is 0 Å². The lowest BCUT2D eigenvalue weighted by atomic mass is 10.4. The van der Waals surface area contributed by atoms with Crippen molar-refractivity contribution in [2.24, 2.45) is 0 Å². The zero-order chi connectivity index (χ0) is 12.7.